The van der Waals surface area contributed by atoms with E-state index < -0.39 is 0 Å². The molecule has 0 aromatic heterocycles. The summed E-state index contributed by atoms with van der Waals surface area (Å²) in [4.78, 5) is 0. The molecule has 1 aliphatic carbocycles. The molecule has 1 aliphatic rings. The van der Waals surface area contributed by atoms with Gasteiger partial charge in [-0.15, -0.1) is 0 Å². The van der Waals surface area contributed by atoms with Crippen LogP contribution in [0.15, 0.2) is 12.2 Å². The van der Waals surface area contributed by atoms with Crippen molar-refractivity contribution >= 4 is 0 Å². The van der Waals surface area contributed by atoms with E-state index in [0.29, 0.717) is 10.8 Å². The van der Waals surface area contributed by atoms with E-state index in [-0.39, 0.29) is 0 Å². The molecule has 1 saturated carbocycles. The summed E-state index contributed by atoms with van der Waals surface area (Å²) in [5, 5.41) is 0. The van der Waals surface area contributed by atoms with Crippen molar-refractivity contribution in [3.63, 3.8) is 0 Å². The molecule has 1 atom stereocenters. The van der Waals surface area contributed by atoms with Crippen LogP contribution in [0.3, 0.4) is 0 Å². The second-order valence-electron chi connectivity index (χ2n) is 5.43. The molecule has 1 rings (SSSR count). The van der Waals surface area contributed by atoms with Gasteiger partial charge in [-0.25, -0.2) is 0 Å². The van der Waals surface area contributed by atoms with Gasteiger partial charge in [0.2, 0.25) is 0 Å². The fraction of sp³-hybridized carbons (Fsp3) is 0.833. The number of hydrogen-bond acceptors (Lipinski definition) is 0. The highest BCUT2D eigenvalue weighted by atomic mass is 14.5. The minimum Gasteiger partial charge on any atom is -0.0988 e. The van der Waals surface area contributed by atoms with Crippen LogP contribution in [0.5, 0.6) is 0 Å². The Kier molecular flexibility index (Phi) is 2.14. The van der Waals surface area contributed by atoms with Gasteiger partial charge in [0.15, 0.2) is 0 Å². The Morgan fingerprint density at radius 3 is 1.83 bits per heavy atom. The molecule has 0 aromatic carbocycles. The van der Waals surface area contributed by atoms with Gasteiger partial charge in [-0.05, 0) is 29.6 Å². The molecule has 1 fully saturated rings. The third-order valence-electron chi connectivity index (χ3n) is 4.05. The van der Waals surface area contributed by atoms with E-state index in [4.69, 9.17) is 0 Å². The van der Waals surface area contributed by atoms with Crippen molar-refractivity contribution in [2.24, 2.45) is 16.7 Å². The van der Waals surface area contributed by atoms with E-state index in [1.165, 1.54) is 18.4 Å². The molecule has 0 heteroatoms. The Balaban J connectivity index is 2.93. The highest BCUT2D eigenvalue weighted by molar-refractivity contribution is 5.23. The van der Waals surface area contributed by atoms with E-state index in [1.807, 2.05) is 0 Å². The Morgan fingerprint density at radius 2 is 1.67 bits per heavy atom. The maximum absolute atomic E-state index is 4.28. The first-order chi connectivity index (χ1) is 5.31. The molecule has 0 saturated heterocycles. The summed E-state index contributed by atoms with van der Waals surface area (Å²) < 4.78 is 0. The van der Waals surface area contributed by atoms with Crippen LogP contribution >= 0.6 is 0 Å². The van der Waals surface area contributed by atoms with Gasteiger partial charge in [-0.3, -0.25) is 0 Å². The highest BCUT2D eigenvalue weighted by Crippen LogP contribution is 2.55. The van der Waals surface area contributed by atoms with Crippen molar-refractivity contribution in [3.05, 3.63) is 12.2 Å². The Morgan fingerprint density at radius 1 is 1.17 bits per heavy atom. The molecule has 0 spiro atoms. The summed E-state index contributed by atoms with van der Waals surface area (Å²) in [6, 6.07) is 0. The maximum Gasteiger partial charge on any atom is -0.00904 e. The first-order valence-electron chi connectivity index (χ1n) is 5.00. The lowest BCUT2D eigenvalue weighted by Gasteiger charge is -2.33. The highest BCUT2D eigenvalue weighted by Gasteiger charge is 2.44. The molecular weight excluding hydrogens is 144 g/mol. The quantitative estimate of drug-likeness (QED) is 0.516. The van der Waals surface area contributed by atoms with Gasteiger partial charge in [0.25, 0.3) is 0 Å². The van der Waals surface area contributed by atoms with Crippen LogP contribution in [0.1, 0.15) is 47.5 Å². The van der Waals surface area contributed by atoms with E-state index in [2.05, 4.69) is 41.2 Å². The summed E-state index contributed by atoms with van der Waals surface area (Å²) in [5.74, 6) is 0.728. The minimum absolute atomic E-state index is 0.374. The number of rotatable bonds is 1. The lowest BCUT2D eigenvalue weighted by Crippen LogP contribution is -2.24. The van der Waals surface area contributed by atoms with Gasteiger partial charge < -0.3 is 0 Å². The molecule has 0 bridgehead atoms. The zero-order valence-electron chi connectivity index (χ0n) is 9.20. The molecule has 0 aromatic rings. The van der Waals surface area contributed by atoms with Crippen molar-refractivity contribution in [3.8, 4) is 0 Å². The molecule has 0 heterocycles. The van der Waals surface area contributed by atoms with Gasteiger partial charge in [-0.2, -0.15) is 0 Å². The van der Waals surface area contributed by atoms with Crippen LogP contribution in [0.2, 0.25) is 0 Å². The Bertz CT molecular complexity index is 198. The molecule has 70 valence electrons. The molecular formula is C12H22. The molecule has 0 nitrogen and oxygen atoms in total. The first kappa shape index (κ1) is 9.83. The van der Waals surface area contributed by atoms with Crippen molar-refractivity contribution in [1.29, 1.82) is 0 Å². The summed E-state index contributed by atoms with van der Waals surface area (Å²) in [6.45, 7) is 15.9. The van der Waals surface area contributed by atoms with Crippen LogP contribution in [0.25, 0.3) is 0 Å². The van der Waals surface area contributed by atoms with Gasteiger partial charge in [0, 0.05) is 0 Å². The lowest BCUT2D eigenvalue weighted by atomic mass is 9.71. The summed E-state index contributed by atoms with van der Waals surface area (Å²) in [6.07, 6.45) is 2.62. The van der Waals surface area contributed by atoms with Crippen molar-refractivity contribution in [2.75, 3.05) is 0 Å². The standard InChI is InChI=1S/C12H22/c1-9(2)12(6)8-7-11(4,5)10(12)3/h9H,3,7-8H2,1-2,4-6H3. The topological polar surface area (TPSA) is 0 Å². The summed E-state index contributed by atoms with van der Waals surface area (Å²) >= 11 is 0. The molecule has 0 N–H and O–H groups in total. The average molecular weight is 166 g/mol. The minimum atomic E-state index is 0.374. The van der Waals surface area contributed by atoms with Crippen LogP contribution in [0.4, 0.5) is 0 Å². The second-order valence-corrected chi connectivity index (χ2v) is 5.43. The first-order valence-corrected chi connectivity index (χ1v) is 5.00. The third-order valence-corrected chi connectivity index (χ3v) is 4.05. The normalized spacial score (nSPS) is 34.7. The van der Waals surface area contributed by atoms with Crippen LogP contribution in [-0.2, 0) is 0 Å². The Labute approximate surface area is 77.1 Å². The SMILES string of the molecule is C=C1C(C)(C)CCC1(C)C(C)C. The van der Waals surface area contributed by atoms with E-state index in [9.17, 15) is 0 Å². The summed E-state index contributed by atoms with van der Waals surface area (Å²) in [7, 11) is 0. The second kappa shape index (κ2) is 2.61. The van der Waals surface area contributed by atoms with Gasteiger partial charge >= 0.3 is 0 Å². The van der Waals surface area contributed by atoms with Gasteiger partial charge in [-0.1, -0.05) is 46.8 Å². The van der Waals surface area contributed by atoms with E-state index in [0.717, 1.165) is 5.92 Å². The third kappa shape index (κ3) is 1.22. The maximum atomic E-state index is 4.28. The van der Waals surface area contributed by atoms with E-state index in [1.54, 1.807) is 0 Å². The molecule has 12 heavy (non-hydrogen) atoms. The largest absolute Gasteiger partial charge is 0.0988 e. The zero-order chi connectivity index (χ0) is 9.57. The smallest absolute Gasteiger partial charge is 0.00904 e. The van der Waals surface area contributed by atoms with Crippen molar-refractivity contribution in [1.82, 2.24) is 0 Å². The predicted molar refractivity (Wildman–Crippen MR) is 55.1 cm³/mol. The Hall–Kier alpha value is -0.260. The van der Waals surface area contributed by atoms with Crippen LogP contribution < -0.4 is 0 Å². The summed E-state index contributed by atoms with van der Waals surface area (Å²) in [5.41, 5.74) is 2.23. The van der Waals surface area contributed by atoms with Crippen LogP contribution in [-0.4, -0.2) is 0 Å². The average Bonchev–Trinajstić information content (AvgIpc) is 2.15. The van der Waals surface area contributed by atoms with Crippen molar-refractivity contribution in [2.45, 2.75) is 47.5 Å². The fourth-order valence-corrected chi connectivity index (χ4v) is 2.28. The zero-order valence-corrected chi connectivity index (χ0v) is 9.20. The molecule has 0 radical (unpaired) electrons. The fourth-order valence-electron chi connectivity index (χ4n) is 2.28. The predicted octanol–water partition coefficient (Wildman–Crippen LogP) is 4.02. The lowest BCUT2D eigenvalue weighted by molar-refractivity contribution is 0.282. The van der Waals surface area contributed by atoms with Crippen LogP contribution in [0, 0.1) is 16.7 Å². The molecule has 1 unspecified atom stereocenters. The van der Waals surface area contributed by atoms with E-state index >= 15 is 0 Å². The molecule has 0 aliphatic heterocycles. The van der Waals surface area contributed by atoms with Gasteiger partial charge in [0.1, 0.15) is 0 Å². The molecule has 0 amide bonds. The number of allylic oxidation sites excluding steroid dienone is 1. The van der Waals surface area contributed by atoms with Crippen molar-refractivity contribution < 1.29 is 0 Å². The van der Waals surface area contributed by atoms with Gasteiger partial charge in [0.05, 0.1) is 0 Å². The monoisotopic (exact) mass is 166 g/mol. The number of hydrogen-bond donors (Lipinski definition) is 0.